The van der Waals surface area contributed by atoms with Crippen LogP contribution >= 0.6 is 0 Å². The maximum absolute atomic E-state index is 13.3. The summed E-state index contributed by atoms with van der Waals surface area (Å²) in [5.41, 5.74) is 2.09. The largest absolute Gasteiger partial charge is 0.472 e. The fourth-order valence-electron chi connectivity index (χ4n) is 1.99. The Morgan fingerprint density at radius 2 is 2.22 bits per heavy atom. The lowest BCUT2D eigenvalue weighted by Gasteiger charge is -2.18. The van der Waals surface area contributed by atoms with Gasteiger partial charge in [0.1, 0.15) is 5.82 Å². The molecule has 1 aromatic carbocycles. The van der Waals surface area contributed by atoms with E-state index in [1.807, 2.05) is 12.1 Å². The highest BCUT2D eigenvalue weighted by atomic mass is 19.1. The second-order valence-corrected chi connectivity index (χ2v) is 4.40. The molecule has 0 fully saturated rings. The van der Waals surface area contributed by atoms with Crippen molar-refractivity contribution in [2.75, 3.05) is 6.54 Å². The molecule has 0 bridgehead atoms. The number of hydrogen-bond acceptors (Lipinski definition) is 2. The molecular weight excluding hydrogens is 229 g/mol. The first-order valence-corrected chi connectivity index (χ1v) is 6.29. The van der Waals surface area contributed by atoms with Gasteiger partial charge in [0.25, 0.3) is 0 Å². The minimum Gasteiger partial charge on any atom is -0.472 e. The molecule has 2 aromatic rings. The average Bonchev–Trinajstić information content (AvgIpc) is 2.87. The molecule has 1 aromatic heterocycles. The van der Waals surface area contributed by atoms with E-state index in [2.05, 4.69) is 12.2 Å². The van der Waals surface area contributed by atoms with Crippen LogP contribution in [0.3, 0.4) is 0 Å². The van der Waals surface area contributed by atoms with Crippen LogP contribution in [0.5, 0.6) is 0 Å². The fraction of sp³-hybridized carbons (Fsp3) is 0.333. The second-order valence-electron chi connectivity index (χ2n) is 4.40. The molecule has 18 heavy (non-hydrogen) atoms. The number of rotatable bonds is 6. The van der Waals surface area contributed by atoms with Gasteiger partial charge in [-0.25, -0.2) is 4.39 Å². The number of hydrogen-bond donors (Lipinski definition) is 1. The van der Waals surface area contributed by atoms with Crippen molar-refractivity contribution in [1.82, 2.24) is 5.32 Å². The van der Waals surface area contributed by atoms with Crippen molar-refractivity contribution in [2.45, 2.75) is 25.8 Å². The smallest absolute Gasteiger partial charge is 0.123 e. The molecule has 1 N–H and O–H groups in total. The van der Waals surface area contributed by atoms with Crippen molar-refractivity contribution >= 4 is 0 Å². The van der Waals surface area contributed by atoms with E-state index in [0.29, 0.717) is 0 Å². The Hall–Kier alpha value is -1.61. The molecule has 0 aliphatic rings. The highest BCUT2D eigenvalue weighted by molar-refractivity contribution is 5.22. The molecule has 2 nitrogen and oxygen atoms in total. The van der Waals surface area contributed by atoms with Crippen molar-refractivity contribution in [3.63, 3.8) is 0 Å². The van der Waals surface area contributed by atoms with E-state index in [9.17, 15) is 4.39 Å². The van der Waals surface area contributed by atoms with Crippen LogP contribution in [-0.2, 0) is 6.42 Å². The Morgan fingerprint density at radius 1 is 1.33 bits per heavy atom. The van der Waals surface area contributed by atoms with Gasteiger partial charge >= 0.3 is 0 Å². The quantitative estimate of drug-likeness (QED) is 0.842. The molecule has 0 aliphatic carbocycles. The van der Waals surface area contributed by atoms with Crippen LogP contribution in [0.25, 0.3) is 0 Å². The van der Waals surface area contributed by atoms with E-state index in [1.54, 1.807) is 24.7 Å². The van der Waals surface area contributed by atoms with E-state index in [4.69, 9.17) is 4.42 Å². The maximum atomic E-state index is 13.3. The minimum atomic E-state index is -0.192. The van der Waals surface area contributed by atoms with Crippen molar-refractivity contribution in [3.05, 3.63) is 59.8 Å². The zero-order chi connectivity index (χ0) is 12.8. The van der Waals surface area contributed by atoms with Crippen LogP contribution in [0.1, 0.15) is 30.5 Å². The Morgan fingerprint density at radius 3 is 2.89 bits per heavy atom. The average molecular weight is 247 g/mol. The standard InChI is InChI=1S/C15H18FNO/c1-2-7-17-15(9-12-6-8-18-11-12)13-4-3-5-14(16)10-13/h3-6,8,10-11,15,17H,2,7,9H2,1H3. The maximum Gasteiger partial charge on any atom is 0.123 e. The van der Waals surface area contributed by atoms with E-state index in [0.717, 1.165) is 30.5 Å². The first-order valence-electron chi connectivity index (χ1n) is 6.29. The Balaban J connectivity index is 2.13. The normalized spacial score (nSPS) is 12.6. The SMILES string of the molecule is CCCNC(Cc1ccoc1)c1cccc(F)c1. The zero-order valence-electron chi connectivity index (χ0n) is 10.5. The molecule has 96 valence electrons. The fourth-order valence-corrected chi connectivity index (χ4v) is 1.99. The Kier molecular flexibility index (Phi) is 4.53. The molecule has 0 saturated heterocycles. The molecule has 2 rings (SSSR count). The van der Waals surface area contributed by atoms with Gasteiger partial charge in [-0.2, -0.15) is 0 Å². The topological polar surface area (TPSA) is 25.2 Å². The highest BCUT2D eigenvalue weighted by Gasteiger charge is 2.12. The lowest BCUT2D eigenvalue weighted by molar-refractivity contribution is 0.516. The lowest BCUT2D eigenvalue weighted by Crippen LogP contribution is -2.24. The summed E-state index contributed by atoms with van der Waals surface area (Å²) in [6.07, 6.45) is 5.26. The third-order valence-electron chi connectivity index (χ3n) is 2.91. The summed E-state index contributed by atoms with van der Waals surface area (Å²) in [6, 6.07) is 8.83. The summed E-state index contributed by atoms with van der Waals surface area (Å²) in [5.74, 6) is -0.192. The summed E-state index contributed by atoms with van der Waals surface area (Å²) in [4.78, 5) is 0. The summed E-state index contributed by atoms with van der Waals surface area (Å²) in [5, 5.41) is 3.44. The van der Waals surface area contributed by atoms with Crippen LogP contribution in [0.4, 0.5) is 4.39 Å². The number of nitrogens with one attached hydrogen (secondary N) is 1. The number of halogens is 1. The molecule has 1 atom stereocenters. The van der Waals surface area contributed by atoms with Crippen molar-refractivity contribution in [2.24, 2.45) is 0 Å². The molecule has 1 heterocycles. The predicted molar refractivity (Wildman–Crippen MR) is 69.8 cm³/mol. The molecule has 0 aliphatic heterocycles. The minimum absolute atomic E-state index is 0.123. The molecule has 0 amide bonds. The summed E-state index contributed by atoms with van der Waals surface area (Å²) >= 11 is 0. The van der Waals surface area contributed by atoms with Crippen LogP contribution in [-0.4, -0.2) is 6.54 Å². The molecular formula is C15H18FNO. The van der Waals surface area contributed by atoms with E-state index >= 15 is 0 Å². The first kappa shape index (κ1) is 12.8. The van der Waals surface area contributed by atoms with Gasteiger partial charge in [0.05, 0.1) is 12.5 Å². The van der Waals surface area contributed by atoms with E-state index in [-0.39, 0.29) is 11.9 Å². The van der Waals surface area contributed by atoms with Gasteiger partial charge in [-0.15, -0.1) is 0 Å². The number of benzene rings is 1. The van der Waals surface area contributed by atoms with Crippen molar-refractivity contribution < 1.29 is 8.81 Å². The van der Waals surface area contributed by atoms with Crippen LogP contribution < -0.4 is 5.32 Å². The van der Waals surface area contributed by atoms with Gasteiger partial charge in [0, 0.05) is 6.04 Å². The van der Waals surface area contributed by atoms with Gasteiger partial charge in [0.15, 0.2) is 0 Å². The Labute approximate surface area is 107 Å². The van der Waals surface area contributed by atoms with Gasteiger partial charge < -0.3 is 9.73 Å². The van der Waals surface area contributed by atoms with Crippen LogP contribution in [0, 0.1) is 5.82 Å². The first-order chi connectivity index (χ1) is 8.79. The van der Waals surface area contributed by atoms with Crippen LogP contribution in [0.2, 0.25) is 0 Å². The predicted octanol–water partition coefficient (Wildman–Crippen LogP) is 3.70. The van der Waals surface area contributed by atoms with Crippen molar-refractivity contribution in [1.29, 1.82) is 0 Å². The molecule has 3 heteroatoms. The monoisotopic (exact) mass is 247 g/mol. The molecule has 0 radical (unpaired) electrons. The van der Waals surface area contributed by atoms with Gasteiger partial charge in [-0.1, -0.05) is 19.1 Å². The summed E-state index contributed by atoms with van der Waals surface area (Å²) < 4.78 is 18.4. The van der Waals surface area contributed by atoms with Crippen molar-refractivity contribution in [3.8, 4) is 0 Å². The van der Waals surface area contributed by atoms with Gasteiger partial charge in [-0.05, 0) is 48.7 Å². The lowest BCUT2D eigenvalue weighted by atomic mass is 10.0. The molecule has 1 unspecified atom stereocenters. The zero-order valence-corrected chi connectivity index (χ0v) is 10.5. The van der Waals surface area contributed by atoms with Gasteiger partial charge in [0.2, 0.25) is 0 Å². The van der Waals surface area contributed by atoms with Crippen LogP contribution in [0.15, 0.2) is 47.3 Å². The van der Waals surface area contributed by atoms with E-state index < -0.39 is 0 Å². The summed E-state index contributed by atoms with van der Waals surface area (Å²) in [6.45, 7) is 3.03. The Bertz CT molecular complexity index is 467. The molecule has 0 saturated carbocycles. The third-order valence-corrected chi connectivity index (χ3v) is 2.91. The second kappa shape index (κ2) is 6.36. The summed E-state index contributed by atoms with van der Waals surface area (Å²) in [7, 11) is 0. The third kappa shape index (κ3) is 3.44. The van der Waals surface area contributed by atoms with Gasteiger partial charge in [-0.3, -0.25) is 0 Å². The number of furan rings is 1. The highest BCUT2D eigenvalue weighted by Crippen LogP contribution is 2.19. The van der Waals surface area contributed by atoms with E-state index in [1.165, 1.54) is 6.07 Å². The molecule has 0 spiro atoms.